The Kier molecular flexibility index (Phi) is 5.72. The highest BCUT2D eigenvalue weighted by Crippen LogP contribution is 2.52. The van der Waals surface area contributed by atoms with Gasteiger partial charge in [0.15, 0.2) is 17.3 Å². The van der Waals surface area contributed by atoms with Gasteiger partial charge in [0.25, 0.3) is 0 Å². The predicted octanol–water partition coefficient (Wildman–Crippen LogP) is 4.51. The van der Waals surface area contributed by atoms with Crippen LogP contribution in [0.1, 0.15) is 53.8 Å². The van der Waals surface area contributed by atoms with E-state index in [4.69, 9.17) is 23.7 Å². The van der Waals surface area contributed by atoms with Crippen molar-refractivity contribution in [2.45, 2.75) is 57.8 Å². The number of benzene rings is 2. The Morgan fingerprint density at radius 1 is 1.16 bits per heavy atom. The molecule has 0 radical (unpaired) electrons. The molecule has 170 valence electrons. The van der Waals surface area contributed by atoms with Crippen molar-refractivity contribution in [3.05, 3.63) is 70.8 Å². The van der Waals surface area contributed by atoms with Gasteiger partial charge < -0.3 is 29.0 Å². The van der Waals surface area contributed by atoms with Crippen molar-refractivity contribution in [2.24, 2.45) is 0 Å². The lowest BCUT2D eigenvalue weighted by Gasteiger charge is -2.47. The number of hydrogen-bond donors (Lipinski definition) is 1. The van der Waals surface area contributed by atoms with Gasteiger partial charge in [0, 0.05) is 5.56 Å². The van der Waals surface area contributed by atoms with Gasteiger partial charge in [-0.3, -0.25) is 0 Å². The monoisotopic (exact) mass is 437 g/mol. The molecule has 0 unspecified atom stereocenters. The molecule has 0 aromatic heterocycles. The molecule has 32 heavy (non-hydrogen) atoms. The first-order valence-corrected chi connectivity index (χ1v) is 11.2. The first kappa shape index (κ1) is 21.5. The summed E-state index contributed by atoms with van der Waals surface area (Å²) in [5.41, 5.74) is 5.68. The van der Waals surface area contributed by atoms with Gasteiger partial charge in [-0.2, -0.15) is 0 Å². The molecule has 2 aromatic carbocycles. The van der Waals surface area contributed by atoms with Crippen LogP contribution in [0.5, 0.6) is 11.5 Å². The van der Waals surface area contributed by atoms with Crippen molar-refractivity contribution in [1.82, 2.24) is 5.32 Å². The maximum absolute atomic E-state index is 6.47. The Morgan fingerprint density at radius 3 is 2.72 bits per heavy atom. The number of nitrogens with one attached hydrogen (secondary N) is 1. The topological polar surface area (TPSA) is 58.2 Å². The number of ether oxygens (including phenoxy) is 5. The second kappa shape index (κ2) is 8.52. The zero-order chi connectivity index (χ0) is 22.3. The molecule has 3 aliphatic rings. The Bertz CT molecular complexity index is 1000. The summed E-state index contributed by atoms with van der Waals surface area (Å²) in [6.45, 7) is 11.9. The lowest BCUT2D eigenvalue weighted by Crippen LogP contribution is -2.55. The van der Waals surface area contributed by atoms with Crippen LogP contribution in [0.15, 0.2) is 43.0 Å². The van der Waals surface area contributed by atoms with E-state index in [0.717, 1.165) is 34.6 Å². The molecular formula is C26H31NO5. The summed E-state index contributed by atoms with van der Waals surface area (Å²) in [5.74, 6) is 0.963. The highest BCUT2D eigenvalue weighted by molar-refractivity contribution is 5.63. The van der Waals surface area contributed by atoms with Crippen LogP contribution in [0.4, 0.5) is 0 Å². The third-order valence-electron chi connectivity index (χ3n) is 6.45. The third kappa shape index (κ3) is 3.82. The average Bonchev–Trinajstić information content (AvgIpc) is 3.27. The average molecular weight is 438 g/mol. The van der Waals surface area contributed by atoms with Gasteiger partial charge >= 0.3 is 0 Å². The minimum absolute atomic E-state index is 0.0178. The number of hydrogen-bond acceptors (Lipinski definition) is 6. The van der Waals surface area contributed by atoms with E-state index in [1.807, 2.05) is 38.1 Å². The molecule has 0 spiro atoms. The SMILES string of the molecule is C=CCc1c(C)c2c(c3c1[C@H]1OC(C)(C)OC[C@@H]1N[C@H]3COCc1ccccc1)OCO2. The summed E-state index contributed by atoms with van der Waals surface area (Å²) in [7, 11) is 0. The molecule has 3 atom stereocenters. The van der Waals surface area contributed by atoms with E-state index in [2.05, 4.69) is 31.0 Å². The van der Waals surface area contributed by atoms with Crippen molar-refractivity contribution in [3.63, 3.8) is 0 Å². The second-order valence-corrected chi connectivity index (χ2v) is 9.06. The maximum Gasteiger partial charge on any atom is 0.231 e. The van der Waals surface area contributed by atoms with E-state index in [-0.39, 0.29) is 25.0 Å². The lowest BCUT2D eigenvalue weighted by atomic mass is 9.80. The van der Waals surface area contributed by atoms with E-state index in [0.29, 0.717) is 19.8 Å². The van der Waals surface area contributed by atoms with Crippen LogP contribution in [-0.4, -0.2) is 31.8 Å². The number of rotatable bonds is 6. The summed E-state index contributed by atoms with van der Waals surface area (Å²) in [5, 5.41) is 3.72. The van der Waals surface area contributed by atoms with E-state index in [1.54, 1.807) is 0 Å². The molecule has 1 fully saturated rings. The smallest absolute Gasteiger partial charge is 0.231 e. The zero-order valence-electron chi connectivity index (χ0n) is 19.0. The fraction of sp³-hybridized carbons (Fsp3) is 0.462. The standard InChI is InChI=1S/C26H31NO5/c1-5-9-18-16(2)23-25(30-15-29-23)22-19(13-28-12-17-10-7-6-8-11-17)27-20-14-31-26(3,4)32-24(20)21(18)22/h5-8,10-11,19-20,24,27H,1,9,12-15H2,2-4H3/t19-,20-,24-/m0/s1. The quantitative estimate of drug-likeness (QED) is 0.672. The molecule has 6 heteroatoms. The van der Waals surface area contributed by atoms with Gasteiger partial charge in [-0.25, -0.2) is 0 Å². The summed E-state index contributed by atoms with van der Waals surface area (Å²) < 4.78 is 30.5. The normalized spacial score (nSPS) is 25.2. The zero-order valence-corrected chi connectivity index (χ0v) is 19.0. The number of fused-ring (bicyclic) bond motifs is 5. The van der Waals surface area contributed by atoms with Gasteiger partial charge in [0.1, 0.15) is 6.10 Å². The number of allylic oxidation sites excluding steroid dienone is 1. The first-order valence-electron chi connectivity index (χ1n) is 11.2. The highest BCUT2D eigenvalue weighted by atomic mass is 16.7. The van der Waals surface area contributed by atoms with Gasteiger partial charge in [-0.15, -0.1) is 6.58 Å². The molecule has 5 rings (SSSR count). The largest absolute Gasteiger partial charge is 0.453 e. The van der Waals surface area contributed by atoms with Crippen molar-refractivity contribution in [1.29, 1.82) is 0 Å². The Morgan fingerprint density at radius 2 is 1.94 bits per heavy atom. The van der Waals surface area contributed by atoms with Crippen molar-refractivity contribution < 1.29 is 23.7 Å². The molecule has 0 bridgehead atoms. The lowest BCUT2D eigenvalue weighted by molar-refractivity contribution is -0.288. The molecule has 0 amide bonds. The van der Waals surface area contributed by atoms with Crippen LogP contribution in [-0.2, 0) is 27.2 Å². The Labute approximate surface area is 189 Å². The van der Waals surface area contributed by atoms with Crippen LogP contribution >= 0.6 is 0 Å². The van der Waals surface area contributed by atoms with E-state index >= 15 is 0 Å². The van der Waals surface area contributed by atoms with Gasteiger partial charge in [-0.1, -0.05) is 36.4 Å². The Balaban J connectivity index is 1.55. The van der Waals surface area contributed by atoms with Crippen LogP contribution in [0.2, 0.25) is 0 Å². The van der Waals surface area contributed by atoms with Gasteiger partial charge in [-0.05, 0) is 49.4 Å². The summed E-state index contributed by atoms with van der Waals surface area (Å²) in [4.78, 5) is 0. The van der Waals surface area contributed by atoms with Crippen molar-refractivity contribution >= 4 is 0 Å². The first-order chi connectivity index (χ1) is 15.5. The van der Waals surface area contributed by atoms with Crippen LogP contribution in [0.25, 0.3) is 0 Å². The van der Waals surface area contributed by atoms with Crippen molar-refractivity contribution in [3.8, 4) is 11.5 Å². The molecule has 0 aliphatic carbocycles. The Hall–Kier alpha value is -2.38. The van der Waals surface area contributed by atoms with Crippen LogP contribution in [0.3, 0.4) is 0 Å². The van der Waals surface area contributed by atoms with E-state index in [9.17, 15) is 0 Å². The molecule has 2 aromatic rings. The van der Waals surface area contributed by atoms with E-state index < -0.39 is 5.79 Å². The molecule has 6 nitrogen and oxygen atoms in total. The molecular weight excluding hydrogens is 406 g/mol. The van der Waals surface area contributed by atoms with E-state index in [1.165, 1.54) is 11.1 Å². The van der Waals surface area contributed by atoms with Crippen LogP contribution < -0.4 is 14.8 Å². The molecule has 3 aliphatic heterocycles. The fourth-order valence-electron chi connectivity index (χ4n) is 5.00. The van der Waals surface area contributed by atoms with Crippen LogP contribution in [0, 0.1) is 6.92 Å². The molecule has 3 heterocycles. The van der Waals surface area contributed by atoms with Crippen molar-refractivity contribution in [2.75, 3.05) is 20.0 Å². The third-order valence-corrected chi connectivity index (χ3v) is 6.45. The van der Waals surface area contributed by atoms with Gasteiger partial charge in [0.2, 0.25) is 6.79 Å². The molecule has 1 saturated heterocycles. The summed E-state index contributed by atoms with van der Waals surface area (Å²) in [6, 6.07) is 10.2. The predicted molar refractivity (Wildman–Crippen MR) is 121 cm³/mol. The fourth-order valence-corrected chi connectivity index (χ4v) is 5.00. The van der Waals surface area contributed by atoms with Gasteiger partial charge in [0.05, 0.1) is 31.9 Å². The summed E-state index contributed by atoms with van der Waals surface area (Å²) >= 11 is 0. The minimum Gasteiger partial charge on any atom is -0.453 e. The minimum atomic E-state index is -0.660. The maximum atomic E-state index is 6.47. The molecule has 1 N–H and O–H groups in total. The summed E-state index contributed by atoms with van der Waals surface area (Å²) in [6.07, 6.45) is 2.52. The molecule has 0 saturated carbocycles. The highest BCUT2D eigenvalue weighted by Gasteiger charge is 2.47. The second-order valence-electron chi connectivity index (χ2n) is 9.06.